The highest BCUT2D eigenvalue weighted by Gasteiger charge is 2.30. The van der Waals surface area contributed by atoms with Gasteiger partial charge < -0.3 is 30.4 Å². The van der Waals surface area contributed by atoms with Crippen molar-refractivity contribution in [1.29, 1.82) is 0 Å². The second-order valence-corrected chi connectivity index (χ2v) is 9.43. The molecule has 1 aromatic carbocycles. The number of anilines is 3. The summed E-state index contributed by atoms with van der Waals surface area (Å²) in [6.07, 6.45) is 4.68. The Bertz CT molecular complexity index is 1270. The number of hydrogen-bond acceptors (Lipinski definition) is 7. The molecule has 4 rings (SSSR count). The van der Waals surface area contributed by atoms with Crippen molar-refractivity contribution in [3.8, 4) is 0 Å². The molecular weight excluding hydrogens is 486 g/mol. The van der Waals surface area contributed by atoms with Crippen molar-refractivity contribution >= 4 is 57.5 Å². The van der Waals surface area contributed by atoms with Gasteiger partial charge in [-0.15, -0.1) is 0 Å². The van der Waals surface area contributed by atoms with Gasteiger partial charge in [0.25, 0.3) is 5.91 Å². The molecule has 0 saturated heterocycles. The number of rotatable bonds is 7. The maximum atomic E-state index is 13.2. The van der Waals surface area contributed by atoms with Gasteiger partial charge in [-0.25, -0.2) is 4.98 Å². The van der Waals surface area contributed by atoms with E-state index < -0.39 is 18.4 Å². The Morgan fingerprint density at radius 1 is 1.08 bits per heavy atom. The van der Waals surface area contributed by atoms with Crippen molar-refractivity contribution in [3.05, 3.63) is 47.3 Å². The van der Waals surface area contributed by atoms with Crippen LogP contribution in [0.15, 0.2) is 40.9 Å². The molecule has 190 valence electrons. The van der Waals surface area contributed by atoms with Gasteiger partial charge in [-0.1, -0.05) is 11.6 Å². The van der Waals surface area contributed by atoms with Gasteiger partial charge >= 0.3 is 0 Å². The number of carbonyl (C=O) groups excluding carboxylic acids is 3. The topological polar surface area (TPSA) is 137 Å². The lowest BCUT2D eigenvalue weighted by molar-refractivity contribution is -0.121. The third kappa shape index (κ3) is 5.84. The van der Waals surface area contributed by atoms with Gasteiger partial charge in [-0.05, 0) is 70.1 Å². The largest absolute Gasteiger partial charge is 0.449 e. The third-order valence-corrected chi connectivity index (χ3v) is 6.56. The van der Waals surface area contributed by atoms with Crippen LogP contribution in [0.4, 0.5) is 17.2 Å². The van der Waals surface area contributed by atoms with E-state index in [1.807, 2.05) is 14.1 Å². The molecule has 1 fully saturated rings. The average Bonchev–Trinajstić information content (AvgIpc) is 3.23. The molecule has 0 spiro atoms. The summed E-state index contributed by atoms with van der Waals surface area (Å²) in [6, 6.07) is 8.32. The van der Waals surface area contributed by atoms with Crippen LogP contribution < -0.4 is 16.0 Å². The van der Waals surface area contributed by atoms with Crippen LogP contribution in [0.5, 0.6) is 0 Å². The summed E-state index contributed by atoms with van der Waals surface area (Å²) < 4.78 is 5.83. The predicted octanol–water partition coefficient (Wildman–Crippen LogP) is 3.72. The van der Waals surface area contributed by atoms with Crippen molar-refractivity contribution in [3.63, 3.8) is 0 Å². The summed E-state index contributed by atoms with van der Waals surface area (Å²) in [7, 11) is 4.08. The molecule has 1 aliphatic carbocycles. The summed E-state index contributed by atoms with van der Waals surface area (Å²) in [6.45, 7) is -0.676. The Morgan fingerprint density at radius 3 is 2.47 bits per heavy atom. The number of amides is 3. The van der Waals surface area contributed by atoms with Crippen molar-refractivity contribution in [2.45, 2.75) is 31.7 Å². The molecule has 0 atom stereocenters. The monoisotopic (exact) mass is 513 g/mol. The molecule has 0 aliphatic heterocycles. The fourth-order valence-corrected chi connectivity index (χ4v) is 4.47. The van der Waals surface area contributed by atoms with Gasteiger partial charge in [-0.2, -0.15) is 0 Å². The standard InChI is InChI=1S/C25H28ClN5O5/c1-31(2)17-7-3-14(4-8-17)24(34)30-22-18-11-16(28-21(33)13-32)6-9-19(18)36-23(22)25(35)29-20-10-5-15(26)12-27-20/h5-6,9-12,14,17,32H,3-4,7-8,13H2,1-2H3,(H,28,33)(H,30,34)(H,27,29,35). The normalized spacial score (nSPS) is 17.7. The number of aromatic nitrogens is 1. The van der Waals surface area contributed by atoms with Crippen LogP contribution >= 0.6 is 11.6 Å². The maximum Gasteiger partial charge on any atom is 0.294 e. The lowest BCUT2D eigenvalue weighted by atomic mass is 9.85. The minimum absolute atomic E-state index is 0.0947. The van der Waals surface area contributed by atoms with Crippen LogP contribution in [0, 0.1) is 5.92 Å². The second-order valence-electron chi connectivity index (χ2n) is 9.00. The second kappa shape index (κ2) is 11.1. The van der Waals surface area contributed by atoms with Crippen LogP contribution in [-0.4, -0.2) is 59.5 Å². The van der Waals surface area contributed by atoms with Crippen LogP contribution in [0.2, 0.25) is 5.02 Å². The first kappa shape index (κ1) is 25.6. The van der Waals surface area contributed by atoms with Gasteiger partial charge in [-0.3, -0.25) is 14.4 Å². The minimum atomic E-state index is -0.676. The molecule has 1 saturated carbocycles. The van der Waals surface area contributed by atoms with E-state index in [1.165, 1.54) is 6.20 Å². The van der Waals surface area contributed by atoms with Crippen LogP contribution in [0.1, 0.15) is 36.2 Å². The number of aliphatic hydroxyl groups excluding tert-OH is 1. The summed E-state index contributed by atoms with van der Waals surface area (Å²) in [5.41, 5.74) is 0.935. The van der Waals surface area contributed by atoms with E-state index >= 15 is 0 Å². The van der Waals surface area contributed by atoms with E-state index in [4.69, 9.17) is 21.1 Å². The number of nitrogens with zero attached hydrogens (tertiary/aromatic N) is 2. The molecule has 0 unspecified atom stereocenters. The van der Waals surface area contributed by atoms with Crippen molar-refractivity contribution in [2.24, 2.45) is 5.92 Å². The van der Waals surface area contributed by atoms with Gasteiger partial charge in [0.15, 0.2) is 0 Å². The van der Waals surface area contributed by atoms with Crippen LogP contribution in [0.3, 0.4) is 0 Å². The first-order chi connectivity index (χ1) is 17.2. The Labute approximate surface area is 213 Å². The van der Waals surface area contributed by atoms with E-state index in [0.29, 0.717) is 27.7 Å². The molecule has 11 heteroatoms. The van der Waals surface area contributed by atoms with Crippen LogP contribution in [-0.2, 0) is 9.59 Å². The summed E-state index contributed by atoms with van der Waals surface area (Å²) in [4.78, 5) is 44.3. The molecule has 1 aliphatic rings. The van der Waals surface area contributed by atoms with E-state index in [-0.39, 0.29) is 29.1 Å². The quantitative estimate of drug-likeness (QED) is 0.378. The molecule has 0 bridgehead atoms. The minimum Gasteiger partial charge on any atom is -0.449 e. The molecule has 4 N–H and O–H groups in total. The maximum absolute atomic E-state index is 13.2. The van der Waals surface area contributed by atoms with Gasteiger partial charge in [0.05, 0.1) is 5.02 Å². The zero-order valence-electron chi connectivity index (χ0n) is 20.0. The van der Waals surface area contributed by atoms with Crippen LogP contribution in [0.25, 0.3) is 11.0 Å². The predicted molar refractivity (Wildman–Crippen MR) is 137 cm³/mol. The zero-order valence-corrected chi connectivity index (χ0v) is 20.8. The van der Waals surface area contributed by atoms with Gasteiger partial charge in [0, 0.05) is 29.2 Å². The number of pyridine rings is 1. The first-order valence-corrected chi connectivity index (χ1v) is 12.0. The third-order valence-electron chi connectivity index (χ3n) is 6.34. The highest BCUT2D eigenvalue weighted by atomic mass is 35.5. The van der Waals surface area contributed by atoms with Crippen molar-refractivity contribution < 1.29 is 23.9 Å². The summed E-state index contributed by atoms with van der Waals surface area (Å²) in [5, 5.41) is 18.0. The lowest BCUT2D eigenvalue weighted by Crippen LogP contribution is -2.35. The Hall–Kier alpha value is -3.47. The lowest BCUT2D eigenvalue weighted by Gasteiger charge is -2.31. The molecule has 3 aromatic rings. The fraction of sp³-hybridized carbons (Fsp3) is 0.360. The Balaban J connectivity index is 1.64. The SMILES string of the molecule is CN(C)C1CCC(C(=O)Nc2c(C(=O)Nc3ccc(Cl)cn3)oc3ccc(NC(=O)CO)cc23)CC1. The Morgan fingerprint density at radius 2 is 1.83 bits per heavy atom. The highest BCUT2D eigenvalue weighted by molar-refractivity contribution is 6.30. The summed E-state index contributed by atoms with van der Waals surface area (Å²) in [5.74, 6) is -1.42. The number of aliphatic hydroxyl groups is 1. The zero-order chi connectivity index (χ0) is 25.8. The average molecular weight is 514 g/mol. The summed E-state index contributed by atoms with van der Waals surface area (Å²) >= 11 is 5.87. The molecule has 2 heterocycles. The van der Waals surface area contributed by atoms with Gasteiger partial charge in [0.1, 0.15) is 23.7 Å². The number of halogens is 1. The number of furan rings is 1. The van der Waals surface area contributed by atoms with Crippen molar-refractivity contribution in [2.75, 3.05) is 36.7 Å². The molecule has 10 nitrogen and oxygen atoms in total. The highest BCUT2D eigenvalue weighted by Crippen LogP contribution is 2.35. The van der Waals surface area contributed by atoms with E-state index in [0.717, 1.165) is 25.7 Å². The first-order valence-electron chi connectivity index (χ1n) is 11.6. The molecular formula is C25H28ClN5O5. The molecule has 3 amide bonds. The van der Waals surface area contributed by atoms with E-state index in [1.54, 1.807) is 30.3 Å². The number of hydrogen-bond donors (Lipinski definition) is 4. The van der Waals surface area contributed by atoms with Crippen molar-refractivity contribution in [1.82, 2.24) is 9.88 Å². The number of benzene rings is 1. The number of carbonyl (C=O) groups is 3. The molecule has 2 aromatic heterocycles. The van der Waals surface area contributed by atoms with E-state index in [9.17, 15) is 14.4 Å². The molecule has 0 radical (unpaired) electrons. The number of nitrogens with one attached hydrogen (secondary N) is 3. The fourth-order valence-electron chi connectivity index (χ4n) is 4.36. The Kier molecular flexibility index (Phi) is 7.88. The molecule has 36 heavy (non-hydrogen) atoms. The smallest absolute Gasteiger partial charge is 0.294 e. The van der Waals surface area contributed by atoms with Gasteiger partial charge in [0.2, 0.25) is 17.6 Å². The van der Waals surface area contributed by atoms with E-state index in [2.05, 4.69) is 25.8 Å². The number of fused-ring (bicyclic) bond motifs is 1.